The molecule has 1 aromatic carbocycles. The molecule has 1 saturated carbocycles. The molecule has 1 aromatic rings. The molecule has 0 bridgehead atoms. The van der Waals surface area contributed by atoms with Crippen molar-refractivity contribution >= 4 is 27.5 Å². The molecule has 0 saturated heterocycles. The van der Waals surface area contributed by atoms with Crippen molar-refractivity contribution in [2.45, 2.75) is 31.7 Å². The van der Waals surface area contributed by atoms with Gasteiger partial charge in [-0.25, -0.2) is 0 Å². The molecule has 1 amide bonds. The average Bonchev–Trinajstić information content (AvgIpc) is 2.92. The highest BCUT2D eigenvalue weighted by Gasteiger charge is 2.27. The number of benzene rings is 1. The quantitative estimate of drug-likeness (QED) is 0.835. The molecule has 2 rings (SSSR count). The van der Waals surface area contributed by atoms with Gasteiger partial charge in [-0.2, -0.15) is 0 Å². The van der Waals surface area contributed by atoms with Gasteiger partial charge in [0.05, 0.1) is 6.61 Å². The molecule has 19 heavy (non-hydrogen) atoms. The van der Waals surface area contributed by atoms with Gasteiger partial charge in [0.2, 0.25) is 0 Å². The SMILES string of the molecule is Nc1ccc(C(=O)N(CCO)C2CCCC2)cc1Br. The van der Waals surface area contributed by atoms with E-state index in [2.05, 4.69) is 15.9 Å². The van der Waals surface area contributed by atoms with E-state index >= 15 is 0 Å². The van der Waals surface area contributed by atoms with Crippen LogP contribution in [0.1, 0.15) is 36.0 Å². The third kappa shape index (κ3) is 3.28. The minimum atomic E-state index is -0.0262. The summed E-state index contributed by atoms with van der Waals surface area (Å²) in [6, 6.07) is 5.47. The highest BCUT2D eigenvalue weighted by Crippen LogP contribution is 2.26. The number of carbonyl (C=O) groups excluding carboxylic acids is 1. The Morgan fingerprint density at radius 2 is 2.11 bits per heavy atom. The monoisotopic (exact) mass is 326 g/mol. The van der Waals surface area contributed by atoms with Gasteiger partial charge in [-0.1, -0.05) is 12.8 Å². The van der Waals surface area contributed by atoms with Gasteiger partial charge in [-0.15, -0.1) is 0 Å². The van der Waals surface area contributed by atoms with Crippen molar-refractivity contribution in [1.82, 2.24) is 4.90 Å². The lowest BCUT2D eigenvalue weighted by atomic mass is 10.1. The van der Waals surface area contributed by atoms with Gasteiger partial charge >= 0.3 is 0 Å². The summed E-state index contributed by atoms with van der Waals surface area (Å²) in [5, 5.41) is 9.17. The summed E-state index contributed by atoms with van der Waals surface area (Å²) in [5.41, 5.74) is 6.96. The molecule has 0 spiro atoms. The molecular formula is C14H19BrN2O2. The number of anilines is 1. The normalized spacial score (nSPS) is 15.7. The van der Waals surface area contributed by atoms with E-state index in [1.54, 1.807) is 23.1 Å². The highest BCUT2D eigenvalue weighted by atomic mass is 79.9. The fraction of sp³-hybridized carbons (Fsp3) is 0.500. The van der Waals surface area contributed by atoms with Crippen LogP contribution in [-0.2, 0) is 0 Å². The number of rotatable bonds is 4. The second-order valence-corrected chi connectivity index (χ2v) is 5.75. The zero-order valence-electron chi connectivity index (χ0n) is 10.8. The van der Waals surface area contributed by atoms with E-state index in [0.29, 0.717) is 17.8 Å². The van der Waals surface area contributed by atoms with E-state index in [-0.39, 0.29) is 18.6 Å². The molecule has 0 unspecified atom stereocenters. The molecule has 1 fully saturated rings. The number of hydrogen-bond donors (Lipinski definition) is 2. The highest BCUT2D eigenvalue weighted by molar-refractivity contribution is 9.10. The van der Waals surface area contributed by atoms with Crippen molar-refractivity contribution in [3.05, 3.63) is 28.2 Å². The van der Waals surface area contributed by atoms with Gasteiger partial charge in [-0.3, -0.25) is 4.79 Å². The fourth-order valence-electron chi connectivity index (χ4n) is 2.60. The van der Waals surface area contributed by atoms with Crippen molar-refractivity contribution < 1.29 is 9.90 Å². The molecule has 104 valence electrons. The van der Waals surface area contributed by atoms with Crippen LogP contribution in [0.2, 0.25) is 0 Å². The standard InChI is InChI=1S/C14H19BrN2O2/c15-12-9-10(5-6-13(12)16)14(19)17(7-8-18)11-3-1-2-4-11/h5-6,9,11,18H,1-4,7-8,16H2. The molecule has 0 radical (unpaired) electrons. The predicted octanol–water partition coefficient (Wildman–Crippen LogP) is 2.41. The zero-order valence-corrected chi connectivity index (χ0v) is 12.4. The van der Waals surface area contributed by atoms with E-state index in [0.717, 1.165) is 30.2 Å². The summed E-state index contributed by atoms with van der Waals surface area (Å²) in [4.78, 5) is 14.3. The number of halogens is 1. The van der Waals surface area contributed by atoms with Crippen LogP contribution in [0.3, 0.4) is 0 Å². The van der Waals surface area contributed by atoms with Crippen molar-refractivity contribution in [3.8, 4) is 0 Å². The average molecular weight is 327 g/mol. The van der Waals surface area contributed by atoms with Crippen LogP contribution in [-0.4, -0.2) is 35.1 Å². The molecule has 0 atom stereocenters. The summed E-state index contributed by atoms with van der Waals surface area (Å²) >= 11 is 3.34. The maximum atomic E-state index is 12.5. The molecular weight excluding hydrogens is 308 g/mol. The molecule has 0 heterocycles. The van der Waals surface area contributed by atoms with Crippen LogP contribution in [0.4, 0.5) is 5.69 Å². The Labute approximate surface area is 121 Å². The third-order valence-corrected chi connectivity index (χ3v) is 4.30. The maximum Gasteiger partial charge on any atom is 0.254 e. The first kappa shape index (κ1) is 14.3. The lowest BCUT2D eigenvalue weighted by molar-refractivity contribution is 0.0638. The Morgan fingerprint density at radius 3 is 2.68 bits per heavy atom. The van der Waals surface area contributed by atoms with Crippen LogP contribution < -0.4 is 5.73 Å². The van der Waals surface area contributed by atoms with Gasteiger partial charge in [0.1, 0.15) is 0 Å². The molecule has 1 aliphatic carbocycles. The zero-order chi connectivity index (χ0) is 13.8. The molecule has 3 N–H and O–H groups in total. The minimum absolute atomic E-state index is 0.00161. The first-order valence-corrected chi connectivity index (χ1v) is 7.39. The second kappa shape index (κ2) is 6.39. The Balaban J connectivity index is 2.20. The fourth-order valence-corrected chi connectivity index (χ4v) is 2.98. The summed E-state index contributed by atoms with van der Waals surface area (Å²) in [5.74, 6) is -0.0262. The number of nitrogens with zero attached hydrogens (tertiary/aromatic N) is 1. The van der Waals surface area contributed by atoms with Gasteiger partial charge < -0.3 is 15.7 Å². The number of carbonyl (C=O) groups is 1. The second-order valence-electron chi connectivity index (χ2n) is 4.90. The maximum absolute atomic E-state index is 12.5. The summed E-state index contributed by atoms with van der Waals surface area (Å²) in [7, 11) is 0. The van der Waals surface area contributed by atoms with Crippen LogP contribution in [0, 0.1) is 0 Å². The Hall–Kier alpha value is -1.07. The predicted molar refractivity (Wildman–Crippen MR) is 78.9 cm³/mol. The van der Waals surface area contributed by atoms with Crippen LogP contribution in [0.15, 0.2) is 22.7 Å². The van der Waals surface area contributed by atoms with E-state index in [1.807, 2.05) is 0 Å². The van der Waals surface area contributed by atoms with Gasteiger partial charge in [0.25, 0.3) is 5.91 Å². The van der Waals surface area contributed by atoms with Gasteiger partial charge in [0.15, 0.2) is 0 Å². The van der Waals surface area contributed by atoms with E-state index < -0.39 is 0 Å². The number of aliphatic hydroxyl groups is 1. The molecule has 0 aliphatic heterocycles. The largest absolute Gasteiger partial charge is 0.398 e. The number of nitrogen functional groups attached to an aromatic ring is 1. The molecule has 1 aliphatic rings. The number of amides is 1. The Kier molecular flexibility index (Phi) is 4.82. The van der Waals surface area contributed by atoms with Gasteiger partial charge in [0, 0.05) is 28.3 Å². The number of hydrogen-bond acceptors (Lipinski definition) is 3. The third-order valence-electron chi connectivity index (χ3n) is 3.61. The van der Waals surface area contributed by atoms with Crippen LogP contribution >= 0.6 is 15.9 Å². The van der Waals surface area contributed by atoms with Crippen LogP contribution in [0.25, 0.3) is 0 Å². The number of nitrogens with two attached hydrogens (primary N) is 1. The topological polar surface area (TPSA) is 66.6 Å². The van der Waals surface area contributed by atoms with Crippen molar-refractivity contribution in [2.75, 3.05) is 18.9 Å². The van der Waals surface area contributed by atoms with Gasteiger partial charge in [-0.05, 0) is 47.0 Å². The van der Waals surface area contributed by atoms with E-state index in [4.69, 9.17) is 10.8 Å². The first-order chi connectivity index (χ1) is 9.13. The molecule has 0 aromatic heterocycles. The minimum Gasteiger partial charge on any atom is -0.398 e. The summed E-state index contributed by atoms with van der Waals surface area (Å²) in [6.07, 6.45) is 4.38. The van der Waals surface area contributed by atoms with Crippen molar-refractivity contribution in [1.29, 1.82) is 0 Å². The number of aliphatic hydroxyl groups excluding tert-OH is 1. The van der Waals surface area contributed by atoms with Crippen molar-refractivity contribution in [3.63, 3.8) is 0 Å². The van der Waals surface area contributed by atoms with Crippen LogP contribution in [0.5, 0.6) is 0 Å². The Bertz CT molecular complexity index is 459. The van der Waals surface area contributed by atoms with E-state index in [9.17, 15) is 4.79 Å². The van der Waals surface area contributed by atoms with E-state index in [1.165, 1.54) is 0 Å². The summed E-state index contributed by atoms with van der Waals surface area (Å²) < 4.78 is 0.730. The smallest absolute Gasteiger partial charge is 0.254 e. The Morgan fingerprint density at radius 1 is 1.42 bits per heavy atom. The lowest BCUT2D eigenvalue weighted by Gasteiger charge is -2.28. The lowest BCUT2D eigenvalue weighted by Crippen LogP contribution is -2.40. The van der Waals surface area contributed by atoms with Crippen molar-refractivity contribution in [2.24, 2.45) is 0 Å². The summed E-state index contributed by atoms with van der Waals surface area (Å²) in [6.45, 7) is 0.393. The molecule has 4 nitrogen and oxygen atoms in total. The molecule has 5 heteroatoms. The first-order valence-electron chi connectivity index (χ1n) is 6.60.